The van der Waals surface area contributed by atoms with Crippen LogP contribution in [0.4, 0.5) is 0 Å². The quantitative estimate of drug-likeness (QED) is 0.684. The van der Waals surface area contributed by atoms with Gasteiger partial charge in [0.2, 0.25) is 5.69 Å². The molecule has 0 unspecified atom stereocenters. The lowest BCUT2D eigenvalue weighted by molar-refractivity contribution is -0.660. The summed E-state index contributed by atoms with van der Waals surface area (Å²) in [4.78, 5) is 0. The minimum atomic E-state index is 0.614. The van der Waals surface area contributed by atoms with Gasteiger partial charge >= 0.3 is 0 Å². The molecule has 1 spiro atoms. The van der Waals surface area contributed by atoms with Gasteiger partial charge < -0.3 is 0 Å². The molecule has 1 nitrogen and oxygen atoms in total. The van der Waals surface area contributed by atoms with E-state index in [2.05, 4.69) is 55.9 Å². The molecule has 22 heavy (non-hydrogen) atoms. The van der Waals surface area contributed by atoms with Crippen molar-refractivity contribution in [2.75, 3.05) is 0 Å². The molecule has 2 aliphatic carbocycles. The number of nitrogens with zero attached hydrogens (tertiary/aromatic N) is 1. The third kappa shape index (κ3) is 2.18. The highest BCUT2D eigenvalue weighted by Gasteiger charge is 2.39. The lowest BCUT2D eigenvalue weighted by atomic mass is 9.83. The fraction of sp³-hybridized carbons (Fsp3) is 0.476. The summed E-state index contributed by atoms with van der Waals surface area (Å²) >= 11 is 0. The maximum Gasteiger partial charge on any atom is 0.212 e. The summed E-state index contributed by atoms with van der Waals surface area (Å²) in [6.07, 6.45) is 10.6. The molecule has 0 bridgehead atoms. The van der Waals surface area contributed by atoms with Crippen LogP contribution in [0, 0.1) is 19.3 Å². The number of fused-ring (bicyclic) bond motifs is 1. The van der Waals surface area contributed by atoms with Crippen LogP contribution >= 0.6 is 0 Å². The van der Waals surface area contributed by atoms with Gasteiger partial charge in [0.05, 0.1) is 0 Å². The molecule has 1 saturated carbocycles. The Hall–Kier alpha value is -1.63. The minimum absolute atomic E-state index is 0.614. The van der Waals surface area contributed by atoms with E-state index in [0.717, 1.165) is 0 Å². The van der Waals surface area contributed by atoms with Crippen molar-refractivity contribution in [1.82, 2.24) is 0 Å². The molecule has 0 aliphatic heterocycles. The third-order valence-electron chi connectivity index (χ3n) is 5.90. The van der Waals surface area contributed by atoms with Crippen molar-refractivity contribution in [3.05, 3.63) is 52.7 Å². The van der Waals surface area contributed by atoms with E-state index in [4.69, 9.17) is 0 Å². The molecule has 2 aliphatic rings. The summed E-state index contributed by atoms with van der Waals surface area (Å²) in [6.45, 7) is 4.43. The summed E-state index contributed by atoms with van der Waals surface area (Å²) in [5.74, 6) is 0. The topological polar surface area (TPSA) is 3.88 Å². The zero-order chi connectivity index (χ0) is 15.3. The summed E-state index contributed by atoms with van der Waals surface area (Å²) in [5.41, 5.74) is 9.34. The molecule has 0 N–H and O–H groups in total. The molecular weight excluding hydrogens is 266 g/mol. The van der Waals surface area contributed by atoms with Crippen LogP contribution in [0.1, 0.15) is 47.9 Å². The molecule has 1 aromatic heterocycles. The zero-order valence-corrected chi connectivity index (χ0v) is 14.1. The van der Waals surface area contributed by atoms with E-state index in [-0.39, 0.29) is 0 Å². The van der Waals surface area contributed by atoms with Crippen molar-refractivity contribution in [2.24, 2.45) is 12.5 Å². The Kier molecular flexibility index (Phi) is 3.14. The first-order chi connectivity index (χ1) is 10.6. The molecule has 1 heterocycles. The summed E-state index contributed by atoms with van der Waals surface area (Å²) in [5, 5.41) is 0. The molecule has 1 fully saturated rings. The van der Waals surface area contributed by atoms with Crippen LogP contribution in [0.2, 0.25) is 0 Å². The van der Waals surface area contributed by atoms with Gasteiger partial charge in [0.15, 0.2) is 6.20 Å². The molecule has 114 valence electrons. The SMILES string of the molecule is Cc1ccc(-c2cc3c(cc2C)CC2(CCCC2)C3)[n+](C)c1. The molecule has 4 rings (SSSR count). The monoisotopic (exact) mass is 292 g/mol. The largest absolute Gasteiger partial charge is 0.212 e. The van der Waals surface area contributed by atoms with Gasteiger partial charge in [-0.15, -0.1) is 0 Å². The van der Waals surface area contributed by atoms with Crippen LogP contribution in [0.3, 0.4) is 0 Å². The minimum Gasteiger partial charge on any atom is -0.201 e. The lowest BCUT2D eigenvalue weighted by Crippen LogP contribution is -2.31. The maximum atomic E-state index is 2.49. The van der Waals surface area contributed by atoms with E-state index in [1.807, 2.05) is 0 Å². The van der Waals surface area contributed by atoms with E-state index in [9.17, 15) is 0 Å². The van der Waals surface area contributed by atoms with Gasteiger partial charge in [-0.3, -0.25) is 0 Å². The van der Waals surface area contributed by atoms with E-state index in [1.54, 1.807) is 11.1 Å². The average Bonchev–Trinajstić information content (AvgIpc) is 3.05. The van der Waals surface area contributed by atoms with Crippen LogP contribution in [0.5, 0.6) is 0 Å². The Bertz CT molecular complexity index is 736. The van der Waals surface area contributed by atoms with Crippen molar-refractivity contribution in [3.8, 4) is 11.3 Å². The standard InChI is InChI=1S/C21H26N/c1-15-6-7-20(22(3)14-15)19-11-18-13-21(8-4-5-9-21)12-17(18)10-16(19)2/h6-7,10-11,14H,4-5,8-9,12-13H2,1-3H3/q+1. The Balaban J connectivity index is 1.77. The summed E-state index contributed by atoms with van der Waals surface area (Å²) in [7, 11) is 2.16. The number of rotatable bonds is 1. The first-order valence-electron chi connectivity index (χ1n) is 8.65. The Morgan fingerprint density at radius 3 is 2.32 bits per heavy atom. The number of pyridine rings is 1. The van der Waals surface area contributed by atoms with Gasteiger partial charge in [-0.1, -0.05) is 18.9 Å². The van der Waals surface area contributed by atoms with Crippen LogP contribution in [0.25, 0.3) is 11.3 Å². The van der Waals surface area contributed by atoms with Crippen LogP contribution in [-0.2, 0) is 19.9 Å². The van der Waals surface area contributed by atoms with Gasteiger partial charge in [0.25, 0.3) is 0 Å². The molecule has 0 atom stereocenters. The second kappa shape index (κ2) is 4.94. The number of aryl methyl sites for hydroxylation is 3. The first-order valence-corrected chi connectivity index (χ1v) is 8.65. The highest BCUT2D eigenvalue weighted by atomic mass is 14.9. The van der Waals surface area contributed by atoms with E-state index in [1.165, 1.54) is 60.9 Å². The van der Waals surface area contributed by atoms with E-state index < -0.39 is 0 Å². The van der Waals surface area contributed by atoms with Gasteiger partial charge in [-0.25, -0.2) is 4.57 Å². The Morgan fingerprint density at radius 2 is 1.64 bits per heavy atom. The fourth-order valence-corrected chi connectivity index (χ4v) is 4.79. The van der Waals surface area contributed by atoms with Crippen molar-refractivity contribution < 1.29 is 4.57 Å². The molecule has 1 heteroatoms. The van der Waals surface area contributed by atoms with Crippen molar-refractivity contribution >= 4 is 0 Å². The molecule has 2 aromatic rings. The van der Waals surface area contributed by atoms with Gasteiger partial charge in [-0.05, 0) is 73.8 Å². The van der Waals surface area contributed by atoms with Crippen molar-refractivity contribution in [2.45, 2.75) is 52.4 Å². The predicted molar refractivity (Wildman–Crippen MR) is 90.8 cm³/mol. The molecular formula is C21H26N+. The maximum absolute atomic E-state index is 2.49. The molecule has 0 amide bonds. The average molecular weight is 292 g/mol. The number of aromatic nitrogens is 1. The van der Waals surface area contributed by atoms with Gasteiger partial charge in [0, 0.05) is 17.2 Å². The number of hydrogen-bond acceptors (Lipinski definition) is 0. The lowest BCUT2D eigenvalue weighted by Gasteiger charge is -2.21. The predicted octanol–water partition coefficient (Wildman–Crippen LogP) is 4.45. The van der Waals surface area contributed by atoms with Crippen molar-refractivity contribution in [1.29, 1.82) is 0 Å². The molecule has 0 radical (unpaired) electrons. The van der Waals surface area contributed by atoms with E-state index in [0.29, 0.717) is 5.41 Å². The normalized spacial score (nSPS) is 18.9. The summed E-state index contributed by atoms with van der Waals surface area (Å²) in [6, 6.07) is 9.45. The van der Waals surface area contributed by atoms with E-state index >= 15 is 0 Å². The van der Waals surface area contributed by atoms with Gasteiger partial charge in [-0.2, -0.15) is 0 Å². The second-order valence-corrected chi connectivity index (χ2v) is 7.70. The first kappa shape index (κ1) is 14.0. The van der Waals surface area contributed by atoms with Crippen LogP contribution in [-0.4, -0.2) is 0 Å². The third-order valence-corrected chi connectivity index (χ3v) is 5.90. The molecule has 1 aromatic carbocycles. The van der Waals surface area contributed by atoms with Gasteiger partial charge in [0.1, 0.15) is 7.05 Å². The van der Waals surface area contributed by atoms with Crippen LogP contribution in [0.15, 0.2) is 30.5 Å². The summed E-state index contributed by atoms with van der Waals surface area (Å²) < 4.78 is 2.27. The number of hydrogen-bond donors (Lipinski definition) is 0. The molecule has 0 saturated heterocycles. The van der Waals surface area contributed by atoms with Crippen molar-refractivity contribution in [3.63, 3.8) is 0 Å². The smallest absolute Gasteiger partial charge is 0.201 e. The fourth-order valence-electron chi connectivity index (χ4n) is 4.79. The Morgan fingerprint density at radius 1 is 0.955 bits per heavy atom. The Labute approximate surface area is 134 Å². The second-order valence-electron chi connectivity index (χ2n) is 7.70. The highest BCUT2D eigenvalue weighted by molar-refractivity contribution is 5.64. The highest BCUT2D eigenvalue weighted by Crippen LogP contribution is 2.49. The zero-order valence-electron chi connectivity index (χ0n) is 14.1. The van der Waals surface area contributed by atoms with Crippen LogP contribution < -0.4 is 4.57 Å². The number of benzene rings is 1.